The number of hydrazine groups is 1. The zero-order chi connectivity index (χ0) is 12.3. The first kappa shape index (κ1) is 11.1. The zero-order valence-corrected chi connectivity index (χ0v) is 9.42. The maximum Gasteiger partial charge on any atom is 0.235 e. The molecule has 1 amide bonds. The molecule has 1 aliphatic heterocycles. The van der Waals surface area contributed by atoms with E-state index < -0.39 is 0 Å². The van der Waals surface area contributed by atoms with Crippen LogP contribution in [0.1, 0.15) is 12.5 Å². The van der Waals surface area contributed by atoms with Crippen LogP contribution in [0.2, 0.25) is 0 Å². The first-order valence-electron chi connectivity index (χ1n) is 5.17. The van der Waals surface area contributed by atoms with Gasteiger partial charge in [0.15, 0.2) is 0 Å². The zero-order valence-electron chi connectivity index (χ0n) is 9.42. The van der Waals surface area contributed by atoms with Crippen LogP contribution in [0.4, 0.5) is 0 Å². The van der Waals surface area contributed by atoms with Gasteiger partial charge in [-0.2, -0.15) is 0 Å². The molecule has 6 nitrogen and oxygen atoms in total. The molecule has 6 heteroatoms. The van der Waals surface area contributed by atoms with Gasteiger partial charge in [-0.3, -0.25) is 10.2 Å². The molecule has 0 unspecified atom stereocenters. The maximum atomic E-state index is 11.0. The van der Waals surface area contributed by atoms with E-state index in [-0.39, 0.29) is 11.9 Å². The molecule has 0 aliphatic carbocycles. The number of nitrogens with one attached hydrogen (secondary N) is 1. The monoisotopic (exact) mass is 231 g/mol. The molecule has 0 saturated carbocycles. The summed E-state index contributed by atoms with van der Waals surface area (Å²) >= 11 is 0. The summed E-state index contributed by atoms with van der Waals surface area (Å²) in [6, 6.07) is 9.63. The lowest BCUT2D eigenvalue weighted by Crippen LogP contribution is -2.52. The Bertz CT molecular complexity index is 480. The van der Waals surface area contributed by atoms with E-state index in [1.807, 2.05) is 30.3 Å². The van der Waals surface area contributed by atoms with Crippen LogP contribution < -0.4 is 11.2 Å². The molecule has 0 bridgehead atoms. The van der Waals surface area contributed by atoms with Gasteiger partial charge in [0.2, 0.25) is 11.9 Å². The van der Waals surface area contributed by atoms with E-state index in [4.69, 9.17) is 5.73 Å². The number of benzene rings is 1. The number of hydrogen-bond acceptors (Lipinski definition) is 5. The largest absolute Gasteiger partial charge is 0.367 e. The minimum Gasteiger partial charge on any atom is -0.367 e. The highest BCUT2D eigenvalue weighted by Gasteiger charge is 2.18. The van der Waals surface area contributed by atoms with Crippen molar-refractivity contribution in [1.82, 2.24) is 10.4 Å². The average Bonchev–Trinajstić information content (AvgIpc) is 2.32. The molecule has 0 fully saturated rings. The molecule has 1 aromatic carbocycles. The van der Waals surface area contributed by atoms with Crippen LogP contribution in [0.5, 0.6) is 0 Å². The van der Waals surface area contributed by atoms with Crippen molar-refractivity contribution < 1.29 is 4.79 Å². The topological polar surface area (TPSA) is 83.1 Å². The van der Waals surface area contributed by atoms with Crippen molar-refractivity contribution in [2.45, 2.75) is 6.92 Å². The third-order valence-electron chi connectivity index (χ3n) is 2.26. The van der Waals surface area contributed by atoms with E-state index in [1.54, 1.807) is 0 Å². The van der Waals surface area contributed by atoms with Crippen LogP contribution in [0, 0.1) is 0 Å². The van der Waals surface area contributed by atoms with Crippen molar-refractivity contribution in [1.29, 1.82) is 0 Å². The minimum absolute atomic E-state index is 0.180. The highest BCUT2D eigenvalue weighted by molar-refractivity contribution is 6.05. The Balaban J connectivity index is 2.20. The van der Waals surface area contributed by atoms with Gasteiger partial charge in [-0.1, -0.05) is 30.3 Å². The summed E-state index contributed by atoms with van der Waals surface area (Å²) in [4.78, 5) is 11.0. The predicted octanol–water partition coefficient (Wildman–Crippen LogP) is 0.0721. The van der Waals surface area contributed by atoms with E-state index in [0.717, 1.165) is 11.3 Å². The number of hydrogen-bond donors (Lipinski definition) is 2. The predicted molar refractivity (Wildman–Crippen MR) is 65.1 cm³/mol. The highest BCUT2D eigenvalue weighted by atomic mass is 16.2. The highest BCUT2D eigenvalue weighted by Crippen LogP contribution is 2.06. The molecule has 0 atom stereocenters. The van der Waals surface area contributed by atoms with E-state index in [0.29, 0.717) is 6.54 Å². The lowest BCUT2D eigenvalue weighted by molar-refractivity contribution is -0.121. The maximum absolute atomic E-state index is 11.0. The lowest BCUT2D eigenvalue weighted by Gasteiger charge is -2.25. The van der Waals surface area contributed by atoms with Crippen LogP contribution in [0.25, 0.3) is 0 Å². The minimum atomic E-state index is -0.197. The molecular formula is C11H13N5O. The molecular weight excluding hydrogens is 218 g/mol. The van der Waals surface area contributed by atoms with Gasteiger partial charge in [-0.15, -0.1) is 10.2 Å². The molecule has 0 aromatic heterocycles. The first-order valence-corrected chi connectivity index (χ1v) is 5.17. The molecule has 1 heterocycles. The summed E-state index contributed by atoms with van der Waals surface area (Å²) in [6.45, 7) is 1.82. The summed E-state index contributed by atoms with van der Waals surface area (Å²) in [5.74, 6) is -0.0163. The number of carbonyl (C=O) groups is 1. The lowest BCUT2D eigenvalue weighted by atomic mass is 10.1. The Kier molecular flexibility index (Phi) is 3.04. The molecule has 3 N–H and O–H groups in total. The second-order valence-corrected chi connectivity index (χ2v) is 3.63. The number of nitrogens with two attached hydrogens (primary N) is 1. The van der Waals surface area contributed by atoms with Crippen LogP contribution in [0.3, 0.4) is 0 Å². The summed E-state index contributed by atoms with van der Waals surface area (Å²) in [5, 5.41) is 9.31. The SMILES string of the molecule is CC(=O)NN1CC(c2ccccc2)=NN=C1N. The van der Waals surface area contributed by atoms with Crippen molar-refractivity contribution in [2.75, 3.05) is 6.54 Å². The second-order valence-electron chi connectivity index (χ2n) is 3.63. The van der Waals surface area contributed by atoms with Gasteiger partial charge >= 0.3 is 0 Å². The second kappa shape index (κ2) is 4.65. The van der Waals surface area contributed by atoms with Gasteiger partial charge in [0, 0.05) is 6.92 Å². The summed E-state index contributed by atoms with van der Waals surface area (Å²) in [6.07, 6.45) is 0. The smallest absolute Gasteiger partial charge is 0.235 e. The third-order valence-corrected chi connectivity index (χ3v) is 2.26. The molecule has 1 aromatic rings. The van der Waals surface area contributed by atoms with E-state index in [2.05, 4.69) is 15.6 Å². The summed E-state index contributed by atoms with van der Waals surface area (Å²) in [5.41, 5.74) is 9.93. The summed E-state index contributed by atoms with van der Waals surface area (Å²) in [7, 11) is 0. The Hall–Kier alpha value is -2.37. The van der Waals surface area contributed by atoms with E-state index in [1.165, 1.54) is 11.9 Å². The van der Waals surface area contributed by atoms with Crippen molar-refractivity contribution in [2.24, 2.45) is 15.9 Å². The fourth-order valence-electron chi connectivity index (χ4n) is 1.49. The Labute approximate surface area is 98.8 Å². The number of carbonyl (C=O) groups excluding carboxylic acids is 1. The average molecular weight is 231 g/mol. The Morgan fingerprint density at radius 3 is 2.71 bits per heavy atom. The normalized spacial score (nSPS) is 15.0. The number of amides is 1. The first-order chi connectivity index (χ1) is 8.16. The van der Waals surface area contributed by atoms with Crippen molar-refractivity contribution in [3.05, 3.63) is 35.9 Å². The van der Waals surface area contributed by atoms with Crippen LogP contribution in [0.15, 0.2) is 40.5 Å². The van der Waals surface area contributed by atoms with E-state index >= 15 is 0 Å². The molecule has 0 spiro atoms. The van der Waals surface area contributed by atoms with Crippen LogP contribution >= 0.6 is 0 Å². The number of rotatable bonds is 2. The van der Waals surface area contributed by atoms with Crippen molar-refractivity contribution in [3.8, 4) is 0 Å². The summed E-state index contributed by atoms with van der Waals surface area (Å²) < 4.78 is 0. The molecule has 0 radical (unpaired) electrons. The molecule has 2 rings (SSSR count). The fraction of sp³-hybridized carbons (Fsp3) is 0.182. The molecule has 1 aliphatic rings. The van der Waals surface area contributed by atoms with E-state index in [9.17, 15) is 4.79 Å². The molecule has 17 heavy (non-hydrogen) atoms. The quantitative estimate of drug-likeness (QED) is 0.755. The third kappa shape index (κ3) is 2.60. The molecule has 88 valence electrons. The molecule has 0 saturated heterocycles. The van der Waals surface area contributed by atoms with Crippen LogP contribution in [-0.4, -0.2) is 29.1 Å². The van der Waals surface area contributed by atoms with Gasteiger partial charge in [-0.05, 0) is 5.56 Å². The van der Waals surface area contributed by atoms with Crippen LogP contribution in [-0.2, 0) is 4.79 Å². The Morgan fingerprint density at radius 1 is 1.35 bits per heavy atom. The van der Waals surface area contributed by atoms with Gasteiger partial charge in [0.25, 0.3) is 0 Å². The standard InChI is InChI=1S/C11H13N5O/c1-8(17)15-16-7-10(13-14-11(16)12)9-5-3-2-4-6-9/h2-6H,7H2,1H3,(H2,12,14)(H,15,17). The number of guanidine groups is 1. The Morgan fingerprint density at radius 2 is 2.06 bits per heavy atom. The number of nitrogens with zero attached hydrogens (tertiary/aromatic N) is 3. The van der Waals surface area contributed by atoms with Gasteiger partial charge in [0.1, 0.15) is 0 Å². The van der Waals surface area contributed by atoms with Gasteiger partial charge in [0.05, 0.1) is 12.3 Å². The van der Waals surface area contributed by atoms with Gasteiger partial charge in [-0.25, -0.2) is 5.01 Å². The fourth-order valence-corrected chi connectivity index (χ4v) is 1.49. The van der Waals surface area contributed by atoms with Crippen molar-refractivity contribution in [3.63, 3.8) is 0 Å². The van der Waals surface area contributed by atoms with Gasteiger partial charge < -0.3 is 5.73 Å². The van der Waals surface area contributed by atoms with Crippen molar-refractivity contribution >= 4 is 17.6 Å².